The maximum Gasteiger partial charge on any atom is 0.306 e. The Morgan fingerprint density at radius 3 is 0.867 bits per heavy atom. The molecule has 0 aromatic carbocycles. The molecule has 6 heteroatoms. The summed E-state index contributed by atoms with van der Waals surface area (Å²) in [5.74, 6) is -0.906. The van der Waals surface area contributed by atoms with Crippen molar-refractivity contribution >= 4 is 17.9 Å². The standard InChI is InChI=1S/C69H116O6/c1-4-7-10-13-16-19-22-24-26-27-28-29-30-31-32-33-34-35-36-37-38-39-40-41-43-44-47-50-53-56-59-62-68(71)74-65-66(64-73-67(70)61-58-55-52-49-46-21-18-15-12-9-6-3)75-69(72)63-60-57-54-51-48-45-42-25-23-20-17-14-11-8-5-2/h7,10,15-16,18-19,24-26,28-29,31-32,34-35,37-38,42,66H,4-6,8-9,11-14,17,20-23,27,30,33,36,39-41,43-65H2,1-3H3/b10-7-,18-15-,19-16-,26-24-,29-28-,32-31-,35-34-,38-37-,42-25-. The van der Waals surface area contributed by atoms with Gasteiger partial charge in [0.05, 0.1) is 0 Å². The van der Waals surface area contributed by atoms with Crippen LogP contribution in [-0.4, -0.2) is 37.2 Å². The second-order valence-electron chi connectivity index (χ2n) is 20.6. The smallest absolute Gasteiger partial charge is 0.306 e. The second kappa shape index (κ2) is 62.6. The summed E-state index contributed by atoms with van der Waals surface area (Å²) in [5, 5.41) is 0. The van der Waals surface area contributed by atoms with Crippen molar-refractivity contribution in [1.82, 2.24) is 0 Å². The van der Waals surface area contributed by atoms with Crippen molar-refractivity contribution in [2.75, 3.05) is 13.2 Å². The fourth-order valence-corrected chi connectivity index (χ4v) is 8.52. The van der Waals surface area contributed by atoms with Gasteiger partial charge in [0.2, 0.25) is 0 Å². The highest BCUT2D eigenvalue weighted by Gasteiger charge is 2.19. The molecule has 1 atom stereocenters. The van der Waals surface area contributed by atoms with Crippen LogP contribution in [-0.2, 0) is 28.6 Å². The van der Waals surface area contributed by atoms with E-state index in [0.717, 1.165) is 128 Å². The van der Waals surface area contributed by atoms with Crippen LogP contribution in [0.3, 0.4) is 0 Å². The van der Waals surface area contributed by atoms with Crippen LogP contribution in [0.15, 0.2) is 109 Å². The van der Waals surface area contributed by atoms with E-state index in [1.165, 1.54) is 122 Å². The molecule has 0 saturated carbocycles. The highest BCUT2D eigenvalue weighted by atomic mass is 16.6. The van der Waals surface area contributed by atoms with Crippen LogP contribution in [0.2, 0.25) is 0 Å². The SMILES string of the molecule is CC/C=C\C/C=C\C/C=C\C/C=C\C/C=C\C/C=C\C/C=C\CCCCCCCCCCCC(=O)OCC(COC(=O)CCCCCCC/C=C\CCCC)OC(=O)CCCCCCC/C=C\CCCCCCCC. The van der Waals surface area contributed by atoms with Crippen LogP contribution in [0.1, 0.15) is 290 Å². The Morgan fingerprint density at radius 1 is 0.280 bits per heavy atom. The first kappa shape index (κ1) is 71.1. The Labute approximate surface area is 463 Å². The predicted molar refractivity (Wildman–Crippen MR) is 325 cm³/mol. The fraction of sp³-hybridized carbons (Fsp3) is 0.696. The molecule has 0 aliphatic heterocycles. The molecule has 0 N–H and O–H groups in total. The zero-order chi connectivity index (χ0) is 54.3. The van der Waals surface area contributed by atoms with Gasteiger partial charge in [0.15, 0.2) is 6.10 Å². The van der Waals surface area contributed by atoms with E-state index in [9.17, 15) is 14.4 Å². The van der Waals surface area contributed by atoms with Gasteiger partial charge >= 0.3 is 17.9 Å². The van der Waals surface area contributed by atoms with E-state index in [1.807, 2.05) is 0 Å². The lowest BCUT2D eigenvalue weighted by molar-refractivity contribution is -0.167. The predicted octanol–water partition coefficient (Wildman–Crippen LogP) is 21.4. The monoisotopic (exact) mass is 1040 g/mol. The Balaban J connectivity index is 4.24. The minimum atomic E-state index is -0.789. The molecule has 0 saturated heterocycles. The Hall–Kier alpha value is -3.93. The van der Waals surface area contributed by atoms with Gasteiger partial charge in [-0.2, -0.15) is 0 Å². The number of carbonyl (C=O) groups excluding carboxylic acids is 3. The van der Waals surface area contributed by atoms with Gasteiger partial charge < -0.3 is 14.2 Å². The van der Waals surface area contributed by atoms with Gasteiger partial charge in [-0.25, -0.2) is 0 Å². The van der Waals surface area contributed by atoms with E-state index >= 15 is 0 Å². The van der Waals surface area contributed by atoms with E-state index in [4.69, 9.17) is 14.2 Å². The van der Waals surface area contributed by atoms with E-state index in [-0.39, 0.29) is 31.1 Å². The van der Waals surface area contributed by atoms with Crippen LogP contribution < -0.4 is 0 Å². The minimum Gasteiger partial charge on any atom is -0.462 e. The van der Waals surface area contributed by atoms with Crippen molar-refractivity contribution in [1.29, 1.82) is 0 Å². The molecule has 0 radical (unpaired) electrons. The molecule has 0 rings (SSSR count). The van der Waals surface area contributed by atoms with Crippen molar-refractivity contribution in [2.45, 2.75) is 297 Å². The lowest BCUT2D eigenvalue weighted by atomic mass is 10.1. The minimum absolute atomic E-state index is 0.0869. The Bertz CT molecular complexity index is 1520. The zero-order valence-electron chi connectivity index (χ0n) is 49.0. The molecular formula is C69H116O6. The van der Waals surface area contributed by atoms with Crippen LogP contribution in [0, 0.1) is 0 Å². The average Bonchev–Trinajstić information content (AvgIpc) is 3.41. The summed E-state index contributed by atoms with van der Waals surface area (Å²) in [4.78, 5) is 38.2. The molecule has 428 valence electrons. The molecule has 1 unspecified atom stereocenters. The number of allylic oxidation sites excluding steroid dienone is 18. The summed E-state index contributed by atoms with van der Waals surface area (Å²) in [7, 11) is 0. The number of rotatable bonds is 56. The van der Waals surface area contributed by atoms with Crippen molar-refractivity contribution in [3.05, 3.63) is 109 Å². The third-order valence-electron chi connectivity index (χ3n) is 13.2. The summed E-state index contributed by atoms with van der Waals surface area (Å²) >= 11 is 0. The molecule has 0 aliphatic rings. The molecular weight excluding hydrogens is 925 g/mol. The molecule has 0 aliphatic carbocycles. The van der Waals surface area contributed by atoms with Crippen LogP contribution >= 0.6 is 0 Å². The summed E-state index contributed by atoms with van der Waals surface area (Å²) in [6.45, 7) is 6.47. The van der Waals surface area contributed by atoms with Crippen LogP contribution in [0.25, 0.3) is 0 Å². The number of carbonyl (C=O) groups is 3. The first-order valence-corrected chi connectivity index (χ1v) is 31.4. The van der Waals surface area contributed by atoms with Gasteiger partial charge in [-0.15, -0.1) is 0 Å². The molecule has 0 amide bonds. The maximum atomic E-state index is 12.9. The quantitative estimate of drug-likeness (QED) is 0.0261. The number of unbranched alkanes of at least 4 members (excludes halogenated alkanes) is 27. The van der Waals surface area contributed by atoms with Crippen molar-refractivity contribution in [3.8, 4) is 0 Å². The lowest BCUT2D eigenvalue weighted by Gasteiger charge is -2.18. The summed E-state index contributed by atoms with van der Waals surface area (Å²) in [6, 6.07) is 0. The Morgan fingerprint density at radius 2 is 0.533 bits per heavy atom. The summed E-state index contributed by atoms with van der Waals surface area (Å²) in [5.41, 5.74) is 0. The van der Waals surface area contributed by atoms with Crippen LogP contribution in [0.4, 0.5) is 0 Å². The average molecular weight is 1040 g/mol. The van der Waals surface area contributed by atoms with Crippen molar-refractivity contribution in [2.24, 2.45) is 0 Å². The fourth-order valence-electron chi connectivity index (χ4n) is 8.52. The van der Waals surface area contributed by atoms with Gasteiger partial charge in [-0.05, 0) is 122 Å². The molecule has 0 fully saturated rings. The maximum absolute atomic E-state index is 12.9. The highest BCUT2D eigenvalue weighted by Crippen LogP contribution is 2.15. The number of hydrogen-bond donors (Lipinski definition) is 0. The first-order valence-electron chi connectivity index (χ1n) is 31.4. The molecule has 0 spiro atoms. The molecule has 0 bridgehead atoms. The van der Waals surface area contributed by atoms with E-state index < -0.39 is 6.10 Å². The van der Waals surface area contributed by atoms with Crippen molar-refractivity contribution < 1.29 is 28.6 Å². The zero-order valence-corrected chi connectivity index (χ0v) is 49.0. The van der Waals surface area contributed by atoms with Gasteiger partial charge in [-0.1, -0.05) is 259 Å². The summed E-state index contributed by atoms with van der Waals surface area (Å²) in [6.07, 6.45) is 85.2. The topological polar surface area (TPSA) is 78.9 Å². The third-order valence-corrected chi connectivity index (χ3v) is 13.2. The first-order chi connectivity index (χ1) is 37.0. The molecule has 0 aromatic heterocycles. The van der Waals surface area contributed by atoms with E-state index in [2.05, 4.69) is 130 Å². The second-order valence-corrected chi connectivity index (χ2v) is 20.6. The van der Waals surface area contributed by atoms with Gasteiger partial charge in [0.25, 0.3) is 0 Å². The van der Waals surface area contributed by atoms with E-state index in [0.29, 0.717) is 19.3 Å². The summed E-state index contributed by atoms with van der Waals surface area (Å²) < 4.78 is 16.9. The van der Waals surface area contributed by atoms with Crippen LogP contribution in [0.5, 0.6) is 0 Å². The molecule has 0 aromatic rings. The van der Waals surface area contributed by atoms with Gasteiger partial charge in [0.1, 0.15) is 13.2 Å². The third kappa shape index (κ3) is 60.8. The number of esters is 3. The van der Waals surface area contributed by atoms with Gasteiger partial charge in [0, 0.05) is 19.3 Å². The van der Waals surface area contributed by atoms with Gasteiger partial charge in [-0.3, -0.25) is 14.4 Å². The number of hydrogen-bond acceptors (Lipinski definition) is 6. The van der Waals surface area contributed by atoms with E-state index in [1.54, 1.807) is 0 Å². The lowest BCUT2D eigenvalue weighted by Crippen LogP contribution is -2.30. The van der Waals surface area contributed by atoms with Crippen molar-refractivity contribution in [3.63, 3.8) is 0 Å². The molecule has 0 heterocycles. The Kier molecular flexibility index (Phi) is 59.3. The number of ether oxygens (including phenoxy) is 3. The molecule has 6 nitrogen and oxygen atoms in total. The highest BCUT2D eigenvalue weighted by molar-refractivity contribution is 5.71. The molecule has 75 heavy (non-hydrogen) atoms. The normalized spacial score (nSPS) is 12.8. The largest absolute Gasteiger partial charge is 0.462 e.